The van der Waals surface area contributed by atoms with Crippen molar-refractivity contribution in [2.75, 3.05) is 0 Å². The molecule has 21 heavy (non-hydrogen) atoms. The molecule has 0 spiro atoms. The Morgan fingerprint density at radius 1 is 1.10 bits per heavy atom. The molecule has 0 fully saturated rings. The van der Waals surface area contributed by atoms with Crippen LogP contribution in [0.3, 0.4) is 0 Å². The van der Waals surface area contributed by atoms with Crippen molar-refractivity contribution >= 4 is 5.78 Å². The number of carbonyl (C=O) groups excluding carboxylic acids is 1. The van der Waals surface area contributed by atoms with Crippen LogP contribution in [0.25, 0.3) is 0 Å². The molecule has 110 valence electrons. The van der Waals surface area contributed by atoms with Gasteiger partial charge in [-0.1, -0.05) is 25.5 Å². The third-order valence-electron chi connectivity index (χ3n) is 3.25. The van der Waals surface area contributed by atoms with Crippen molar-refractivity contribution in [3.05, 3.63) is 59.7 Å². The molecule has 2 aromatic carbocycles. The third kappa shape index (κ3) is 4.43. The summed E-state index contributed by atoms with van der Waals surface area (Å²) in [4.78, 5) is 11.9. The Morgan fingerprint density at radius 3 is 2.52 bits per heavy atom. The lowest BCUT2D eigenvalue weighted by Gasteiger charge is -2.07. The smallest absolute Gasteiger partial charge is 0.162 e. The number of Topliss-reactive ketones (excluding diaryl/α,β-unsaturated/α-hetero) is 1. The molecule has 0 aliphatic carbocycles. The van der Waals surface area contributed by atoms with Crippen molar-refractivity contribution in [3.63, 3.8) is 0 Å². The second kappa shape index (κ2) is 7.60. The van der Waals surface area contributed by atoms with Crippen molar-refractivity contribution in [2.45, 2.75) is 32.8 Å². The highest BCUT2D eigenvalue weighted by atomic mass is 16.5. The molecule has 0 heterocycles. The molecular weight excluding hydrogens is 264 g/mol. The van der Waals surface area contributed by atoms with Gasteiger partial charge in [0.1, 0.15) is 11.5 Å². The zero-order valence-electron chi connectivity index (χ0n) is 12.2. The number of aliphatic hydroxyl groups excluding tert-OH is 1. The minimum atomic E-state index is -0.0118. The largest absolute Gasteiger partial charge is 0.457 e. The molecule has 1 N–H and O–H groups in total. The van der Waals surface area contributed by atoms with E-state index in [9.17, 15) is 4.79 Å². The zero-order valence-corrected chi connectivity index (χ0v) is 12.2. The van der Waals surface area contributed by atoms with Crippen LogP contribution in [0, 0.1) is 0 Å². The summed E-state index contributed by atoms with van der Waals surface area (Å²) in [7, 11) is 0. The van der Waals surface area contributed by atoms with Crippen molar-refractivity contribution in [2.24, 2.45) is 0 Å². The van der Waals surface area contributed by atoms with Gasteiger partial charge in [-0.15, -0.1) is 0 Å². The van der Waals surface area contributed by atoms with Gasteiger partial charge in [-0.05, 0) is 48.4 Å². The lowest BCUT2D eigenvalue weighted by molar-refractivity contribution is 0.0980. The molecule has 0 saturated carbocycles. The Hall–Kier alpha value is -2.13. The summed E-state index contributed by atoms with van der Waals surface area (Å²) in [5, 5.41) is 9.10. The number of rotatable bonds is 7. The maximum absolute atomic E-state index is 11.9. The van der Waals surface area contributed by atoms with Crippen LogP contribution in [0.1, 0.15) is 42.1 Å². The van der Waals surface area contributed by atoms with Gasteiger partial charge in [-0.25, -0.2) is 0 Å². The number of unbranched alkanes of at least 4 members (excludes halogenated alkanes) is 1. The van der Waals surface area contributed by atoms with Crippen LogP contribution in [0.15, 0.2) is 48.5 Å². The van der Waals surface area contributed by atoms with Crippen LogP contribution in [0.4, 0.5) is 0 Å². The van der Waals surface area contributed by atoms with E-state index in [2.05, 4.69) is 6.92 Å². The van der Waals surface area contributed by atoms with E-state index in [1.54, 1.807) is 30.3 Å². The Morgan fingerprint density at radius 2 is 1.86 bits per heavy atom. The molecule has 2 rings (SSSR count). The van der Waals surface area contributed by atoms with Gasteiger partial charge >= 0.3 is 0 Å². The lowest BCUT2D eigenvalue weighted by Crippen LogP contribution is -1.98. The second-order valence-corrected chi connectivity index (χ2v) is 4.96. The van der Waals surface area contributed by atoms with Crippen LogP contribution >= 0.6 is 0 Å². The molecule has 0 bridgehead atoms. The predicted molar refractivity (Wildman–Crippen MR) is 82.7 cm³/mol. The minimum absolute atomic E-state index is 0.0118. The van der Waals surface area contributed by atoms with Gasteiger partial charge in [0.25, 0.3) is 0 Å². The molecule has 0 aromatic heterocycles. The summed E-state index contributed by atoms with van der Waals surface area (Å²) in [6.07, 6.45) is 2.54. The van der Waals surface area contributed by atoms with Crippen molar-refractivity contribution in [1.29, 1.82) is 0 Å². The maximum Gasteiger partial charge on any atom is 0.162 e. The summed E-state index contributed by atoms with van der Waals surface area (Å²) in [6, 6.07) is 14.5. The summed E-state index contributed by atoms with van der Waals surface area (Å²) in [6.45, 7) is 2.06. The topological polar surface area (TPSA) is 46.5 Å². The molecule has 2 aromatic rings. The van der Waals surface area contributed by atoms with Crippen LogP contribution in [-0.2, 0) is 6.61 Å². The zero-order chi connectivity index (χ0) is 15.1. The van der Waals surface area contributed by atoms with Crippen LogP contribution < -0.4 is 4.74 Å². The lowest BCUT2D eigenvalue weighted by atomic mass is 10.1. The van der Waals surface area contributed by atoms with Gasteiger partial charge in [0.2, 0.25) is 0 Å². The number of ether oxygens (including phenoxy) is 1. The molecule has 0 atom stereocenters. The fourth-order valence-corrected chi connectivity index (χ4v) is 2.03. The van der Waals surface area contributed by atoms with E-state index in [-0.39, 0.29) is 12.4 Å². The van der Waals surface area contributed by atoms with Crippen molar-refractivity contribution in [3.8, 4) is 11.5 Å². The molecule has 0 radical (unpaired) electrons. The monoisotopic (exact) mass is 284 g/mol. The highest BCUT2D eigenvalue weighted by molar-refractivity contribution is 5.96. The first-order valence-corrected chi connectivity index (χ1v) is 7.24. The standard InChI is InChI=1S/C18H20O3/c1-2-3-7-18(20)15-8-10-16(11-9-15)21-17-6-4-5-14(12-17)13-19/h4-6,8-12,19H,2-3,7,13H2,1H3. The fraction of sp³-hybridized carbons (Fsp3) is 0.278. The van der Waals surface area contributed by atoms with E-state index >= 15 is 0 Å². The molecule has 0 saturated heterocycles. The molecule has 3 nitrogen and oxygen atoms in total. The maximum atomic E-state index is 11.9. The highest BCUT2D eigenvalue weighted by Gasteiger charge is 2.05. The van der Waals surface area contributed by atoms with E-state index < -0.39 is 0 Å². The Balaban J connectivity index is 2.03. The SMILES string of the molecule is CCCCC(=O)c1ccc(Oc2cccc(CO)c2)cc1. The highest BCUT2D eigenvalue weighted by Crippen LogP contribution is 2.23. The number of benzene rings is 2. The summed E-state index contributed by atoms with van der Waals surface area (Å²) < 4.78 is 5.71. The Bertz CT molecular complexity index is 588. The number of ketones is 1. The van der Waals surface area contributed by atoms with E-state index in [0.29, 0.717) is 17.9 Å². The van der Waals surface area contributed by atoms with E-state index in [0.717, 1.165) is 24.0 Å². The Kier molecular flexibility index (Phi) is 5.52. The van der Waals surface area contributed by atoms with Crippen molar-refractivity contribution in [1.82, 2.24) is 0 Å². The average Bonchev–Trinajstić information content (AvgIpc) is 2.53. The number of hydrogen-bond acceptors (Lipinski definition) is 3. The van der Waals surface area contributed by atoms with E-state index in [1.807, 2.05) is 18.2 Å². The summed E-state index contributed by atoms with van der Waals surface area (Å²) in [5.74, 6) is 1.52. The third-order valence-corrected chi connectivity index (χ3v) is 3.25. The van der Waals surface area contributed by atoms with E-state index in [1.165, 1.54) is 0 Å². The van der Waals surface area contributed by atoms with Gasteiger partial charge in [0, 0.05) is 12.0 Å². The molecular formula is C18H20O3. The molecule has 3 heteroatoms. The van der Waals surface area contributed by atoms with Crippen LogP contribution in [-0.4, -0.2) is 10.9 Å². The molecule has 0 aliphatic rings. The van der Waals surface area contributed by atoms with Gasteiger partial charge in [-0.2, -0.15) is 0 Å². The first-order valence-electron chi connectivity index (χ1n) is 7.24. The normalized spacial score (nSPS) is 10.4. The van der Waals surface area contributed by atoms with Crippen LogP contribution in [0.2, 0.25) is 0 Å². The van der Waals surface area contributed by atoms with Gasteiger partial charge in [-0.3, -0.25) is 4.79 Å². The Labute approximate surface area is 125 Å². The quantitative estimate of drug-likeness (QED) is 0.769. The van der Waals surface area contributed by atoms with Gasteiger partial charge in [0.05, 0.1) is 6.61 Å². The molecule has 0 amide bonds. The summed E-state index contributed by atoms with van der Waals surface area (Å²) in [5.41, 5.74) is 1.53. The van der Waals surface area contributed by atoms with Crippen molar-refractivity contribution < 1.29 is 14.6 Å². The van der Waals surface area contributed by atoms with Crippen LogP contribution in [0.5, 0.6) is 11.5 Å². The van der Waals surface area contributed by atoms with Gasteiger partial charge < -0.3 is 9.84 Å². The number of carbonyl (C=O) groups is 1. The van der Waals surface area contributed by atoms with Gasteiger partial charge in [0.15, 0.2) is 5.78 Å². The van der Waals surface area contributed by atoms with E-state index in [4.69, 9.17) is 9.84 Å². The molecule has 0 unspecified atom stereocenters. The first-order chi connectivity index (χ1) is 10.2. The first kappa shape index (κ1) is 15.3. The fourth-order valence-electron chi connectivity index (χ4n) is 2.03. The molecule has 0 aliphatic heterocycles. The minimum Gasteiger partial charge on any atom is -0.457 e. The number of aliphatic hydroxyl groups is 1. The number of hydrogen-bond donors (Lipinski definition) is 1. The predicted octanol–water partition coefficient (Wildman–Crippen LogP) is 4.34. The summed E-state index contributed by atoms with van der Waals surface area (Å²) >= 11 is 0. The average molecular weight is 284 g/mol. The second-order valence-electron chi connectivity index (χ2n) is 4.96.